The molecule has 0 aliphatic heterocycles. The molecule has 0 heterocycles. The van der Waals surface area contributed by atoms with Gasteiger partial charge in [-0.05, 0) is 21.0 Å². The van der Waals surface area contributed by atoms with E-state index in [4.69, 9.17) is 0 Å². The summed E-state index contributed by atoms with van der Waals surface area (Å²) in [5, 5.41) is 2.70. The largest absolute Gasteiger partial charge is 0.355 e. The number of nitrogens with zero attached hydrogens (tertiary/aromatic N) is 1. The van der Waals surface area contributed by atoms with Crippen LogP contribution in [0.15, 0.2) is 0 Å². The van der Waals surface area contributed by atoms with Gasteiger partial charge in [0.2, 0.25) is 5.91 Å². The highest BCUT2D eigenvalue weighted by Crippen LogP contribution is 1.72. The minimum atomic E-state index is 0.0856. The van der Waals surface area contributed by atoms with Gasteiger partial charge in [0.25, 0.3) is 0 Å². The fraction of sp³-hybridized carbons (Fsp3) is 0.833. The Morgan fingerprint density at radius 1 is 1.56 bits per heavy atom. The van der Waals surface area contributed by atoms with Crippen molar-refractivity contribution in [3.05, 3.63) is 0 Å². The molecule has 0 aromatic carbocycles. The Morgan fingerprint density at radius 3 is 2.44 bits per heavy atom. The molecule has 0 aromatic rings. The second kappa shape index (κ2) is 4.32. The van der Waals surface area contributed by atoms with Crippen LogP contribution in [0, 0.1) is 0 Å². The molecule has 1 amide bonds. The second-order valence-electron chi connectivity index (χ2n) is 2.19. The standard InChI is InChI=1S/C6H14N2O/c1-4-7-6(9)5-8(2)3/h4-5H2,1-3H3,(H,7,9). The summed E-state index contributed by atoms with van der Waals surface area (Å²) >= 11 is 0. The van der Waals surface area contributed by atoms with Crippen LogP contribution in [0.5, 0.6) is 0 Å². The second-order valence-corrected chi connectivity index (χ2v) is 2.19. The van der Waals surface area contributed by atoms with E-state index in [1.54, 1.807) is 0 Å². The van der Waals surface area contributed by atoms with E-state index >= 15 is 0 Å². The van der Waals surface area contributed by atoms with E-state index in [2.05, 4.69) is 5.32 Å². The highest BCUT2D eigenvalue weighted by atomic mass is 16.1. The molecule has 3 heteroatoms. The summed E-state index contributed by atoms with van der Waals surface area (Å²) in [5.74, 6) is 0.0856. The molecule has 9 heavy (non-hydrogen) atoms. The Labute approximate surface area is 56.0 Å². The third-order valence-electron chi connectivity index (χ3n) is 0.834. The Bertz CT molecular complexity index is 91.1. The van der Waals surface area contributed by atoms with Crippen LogP contribution in [-0.2, 0) is 4.79 Å². The molecule has 0 unspecified atom stereocenters. The van der Waals surface area contributed by atoms with Crippen LogP contribution in [0.2, 0.25) is 0 Å². The van der Waals surface area contributed by atoms with E-state index in [1.807, 2.05) is 25.9 Å². The number of rotatable bonds is 3. The van der Waals surface area contributed by atoms with Crippen molar-refractivity contribution in [3.8, 4) is 0 Å². The molecular weight excluding hydrogens is 116 g/mol. The zero-order chi connectivity index (χ0) is 7.28. The van der Waals surface area contributed by atoms with Crippen molar-refractivity contribution in [3.63, 3.8) is 0 Å². The van der Waals surface area contributed by atoms with Gasteiger partial charge in [0, 0.05) is 6.54 Å². The highest BCUT2D eigenvalue weighted by Gasteiger charge is 1.98. The molecule has 0 aliphatic carbocycles. The summed E-state index contributed by atoms with van der Waals surface area (Å²) in [5.41, 5.74) is 0. The van der Waals surface area contributed by atoms with Crippen molar-refractivity contribution in [1.82, 2.24) is 10.2 Å². The predicted molar refractivity (Wildman–Crippen MR) is 37.2 cm³/mol. The first-order chi connectivity index (χ1) is 4.16. The first-order valence-electron chi connectivity index (χ1n) is 3.08. The molecule has 1 N–H and O–H groups in total. The van der Waals surface area contributed by atoms with Crippen molar-refractivity contribution in [2.75, 3.05) is 27.2 Å². The van der Waals surface area contributed by atoms with Crippen molar-refractivity contribution in [1.29, 1.82) is 0 Å². The fourth-order valence-corrected chi connectivity index (χ4v) is 0.540. The molecular formula is C6H14N2O. The van der Waals surface area contributed by atoms with Crippen LogP contribution in [-0.4, -0.2) is 38.0 Å². The molecule has 0 saturated heterocycles. The predicted octanol–water partition coefficient (Wildman–Crippen LogP) is -0.316. The topological polar surface area (TPSA) is 32.3 Å². The summed E-state index contributed by atoms with van der Waals surface area (Å²) in [4.78, 5) is 12.5. The van der Waals surface area contributed by atoms with E-state index in [0.717, 1.165) is 0 Å². The lowest BCUT2D eigenvalue weighted by atomic mass is 10.5. The molecule has 0 fully saturated rings. The summed E-state index contributed by atoms with van der Waals surface area (Å²) in [6.07, 6.45) is 0. The van der Waals surface area contributed by atoms with Gasteiger partial charge in [0.05, 0.1) is 6.54 Å². The van der Waals surface area contributed by atoms with Crippen LogP contribution in [0.1, 0.15) is 6.92 Å². The maximum atomic E-state index is 10.7. The van der Waals surface area contributed by atoms with Crippen LogP contribution in [0.25, 0.3) is 0 Å². The quantitative estimate of drug-likeness (QED) is 0.568. The molecule has 0 radical (unpaired) electrons. The fourth-order valence-electron chi connectivity index (χ4n) is 0.540. The van der Waals surface area contributed by atoms with Gasteiger partial charge in [-0.1, -0.05) is 0 Å². The number of hydrogen-bond acceptors (Lipinski definition) is 2. The van der Waals surface area contributed by atoms with Gasteiger partial charge < -0.3 is 10.2 Å². The Morgan fingerprint density at radius 2 is 2.11 bits per heavy atom. The first kappa shape index (κ1) is 8.43. The lowest BCUT2D eigenvalue weighted by Gasteiger charge is -2.07. The van der Waals surface area contributed by atoms with Gasteiger partial charge in [-0.3, -0.25) is 4.79 Å². The molecule has 0 aromatic heterocycles. The summed E-state index contributed by atoms with van der Waals surface area (Å²) < 4.78 is 0. The maximum absolute atomic E-state index is 10.7. The van der Waals surface area contributed by atoms with Gasteiger partial charge in [-0.15, -0.1) is 0 Å². The number of likely N-dealkylation sites (N-methyl/N-ethyl adjacent to an activating group) is 2. The summed E-state index contributed by atoms with van der Waals surface area (Å²) in [6, 6.07) is 0. The number of amides is 1. The van der Waals surface area contributed by atoms with E-state index < -0.39 is 0 Å². The number of carbonyl (C=O) groups is 1. The van der Waals surface area contributed by atoms with E-state index in [1.165, 1.54) is 0 Å². The van der Waals surface area contributed by atoms with Crippen molar-refractivity contribution < 1.29 is 4.79 Å². The Balaban J connectivity index is 3.27. The smallest absolute Gasteiger partial charge is 0.234 e. The third kappa shape index (κ3) is 5.30. The van der Waals surface area contributed by atoms with E-state index in [-0.39, 0.29) is 5.91 Å². The molecule has 0 rings (SSSR count). The average molecular weight is 130 g/mol. The molecule has 3 nitrogen and oxygen atoms in total. The minimum absolute atomic E-state index is 0.0856. The number of nitrogens with one attached hydrogen (secondary N) is 1. The van der Waals surface area contributed by atoms with Gasteiger partial charge in [-0.2, -0.15) is 0 Å². The average Bonchev–Trinajstić information content (AvgIpc) is 1.63. The summed E-state index contributed by atoms with van der Waals surface area (Å²) in [7, 11) is 3.74. The lowest BCUT2D eigenvalue weighted by molar-refractivity contribution is -0.121. The van der Waals surface area contributed by atoms with Crippen LogP contribution >= 0.6 is 0 Å². The van der Waals surface area contributed by atoms with Crippen LogP contribution < -0.4 is 5.32 Å². The molecule has 54 valence electrons. The van der Waals surface area contributed by atoms with Gasteiger partial charge in [0.1, 0.15) is 0 Å². The molecule has 0 saturated carbocycles. The number of carbonyl (C=O) groups excluding carboxylic acids is 1. The Hall–Kier alpha value is -0.570. The SMILES string of the molecule is CCNC(=O)CN(C)C. The zero-order valence-electron chi connectivity index (χ0n) is 6.27. The third-order valence-corrected chi connectivity index (χ3v) is 0.834. The maximum Gasteiger partial charge on any atom is 0.234 e. The first-order valence-corrected chi connectivity index (χ1v) is 3.08. The van der Waals surface area contributed by atoms with Gasteiger partial charge in [0.15, 0.2) is 0 Å². The van der Waals surface area contributed by atoms with Gasteiger partial charge >= 0.3 is 0 Å². The van der Waals surface area contributed by atoms with Gasteiger partial charge in [-0.25, -0.2) is 0 Å². The Kier molecular flexibility index (Phi) is 4.05. The summed E-state index contributed by atoms with van der Waals surface area (Å²) in [6.45, 7) is 3.11. The zero-order valence-corrected chi connectivity index (χ0v) is 6.27. The minimum Gasteiger partial charge on any atom is -0.355 e. The molecule has 0 spiro atoms. The molecule has 0 atom stereocenters. The molecule has 0 bridgehead atoms. The van der Waals surface area contributed by atoms with Crippen molar-refractivity contribution >= 4 is 5.91 Å². The highest BCUT2D eigenvalue weighted by molar-refractivity contribution is 5.77. The van der Waals surface area contributed by atoms with E-state index in [9.17, 15) is 4.79 Å². The van der Waals surface area contributed by atoms with Crippen LogP contribution in [0.3, 0.4) is 0 Å². The number of hydrogen-bond donors (Lipinski definition) is 1. The van der Waals surface area contributed by atoms with Crippen molar-refractivity contribution in [2.24, 2.45) is 0 Å². The molecule has 0 aliphatic rings. The van der Waals surface area contributed by atoms with Crippen molar-refractivity contribution in [2.45, 2.75) is 6.92 Å². The lowest BCUT2D eigenvalue weighted by Crippen LogP contribution is -2.32. The normalized spacial score (nSPS) is 9.78. The van der Waals surface area contributed by atoms with Crippen LogP contribution in [0.4, 0.5) is 0 Å². The van der Waals surface area contributed by atoms with E-state index in [0.29, 0.717) is 13.1 Å². The monoisotopic (exact) mass is 130 g/mol.